The normalized spacial score (nSPS) is 16.2. The molecule has 0 saturated carbocycles. The third-order valence-electron chi connectivity index (χ3n) is 3.90. The van der Waals surface area contributed by atoms with Gasteiger partial charge < -0.3 is 10.6 Å². The van der Waals surface area contributed by atoms with Crippen LogP contribution in [0.15, 0.2) is 30.3 Å². The van der Waals surface area contributed by atoms with Gasteiger partial charge in [0.25, 0.3) is 0 Å². The number of piperidine rings is 1. The Balaban J connectivity index is 0.00000220. The Morgan fingerprint density at radius 3 is 2.52 bits per heavy atom. The highest BCUT2D eigenvalue weighted by atomic mass is 35.5. The van der Waals surface area contributed by atoms with Gasteiger partial charge in [0.05, 0.1) is 6.54 Å². The molecule has 1 aromatic rings. The topological polar surface area (TPSA) is 44.4 Å². The fourth-order valence-corrected chi connectivity index (χ4v) is 2.69. The number of carbonyl (C=O) groups is 1. The Morgan fingerprint density at radius 2 is 1.90 bits per heavy atom. The lowest BCUT2D eigenvalue weighted by molar-refractivity contribution is -0.122. The Morgan fingerprint density at radius 1 is 1.24 bits per heavy atom. The molecule has 0 radical (unpaired) electrons. The van der Waals surface area contributed by atoms with Gasteiger partial charge in [-0.3, -0.25) is 9.69 Å². The summed E-state index contributed by atoms with van der Waals surface area (Å²) in [5.41, 5.74) is 1.15. The molecule has 1 amide bonds. The van der Waals surface area contributed by atoms with Gasteiger partial charge in [0, 0.05) is 6.54 Å². The Kier molecular flexibility index (Phi) is 8.35. The highest BCUT2D eigenvalue weighted by molar-refractivity contribution is 5.85. The molecule has 1 aliphatic heterocycles. The van der Waals surface area contributed by atoms with Crippen molar-refractivity contribution in [1.82, 2.24) is 15.5 Å². The van der Waals surface area contributed by atoms with E-state index < -0.39 is 0 Å². The molecular weight excluding hydrogens is 286 g/mol. The molecule has 5 heteroatoms. The lowest BCUT2D eigenvalue weighted by atomic mass is 9.97. The van der Waals surface area contributed by atoms with Crippen molar-refractivity contribution in [3.05, 3.63) is 35.9 Å². The van der Waals surface area contributed by atoms with Crippen LogP contribution in [0.1, 0.15) is 18.4 Å². The van der Waals surface area contributed by atoms with Crippen molar-refractivity contribution in [2.45, 2.75) is 19.4 Å². The van der Waals surface area contributed by atoms with Gasteiger partial charge in [0.15, 0.2) is 0 Å². The number of rotatable bonds is 6. The maximum atomic E-state index is 11.9. The number of nitrogens with zero attached hydrogens (tertiary/aromatic N) is 1. The predicted octanol–water partition coefficient (Wildman–Crippen LogP) is 1.66. The molecule has 0 spiro atoms. The van der Waals surface area contributed by atoms with Crippen LogP contribution < -0.4 is 10.6 Å². The van der Waals surface area contributed by atoms with Crippen LogP contribution in [-0.4, -0.2) is 44.0 Å². The van der Waals surface area contributed by atoms with Crippen molar-refractivity contribution in [2.75, 3.05) is 33.2 Å². The number of halogens is 1. The number of hydrogen-bond donors (Lipinski definition) is 2. The molecule has 2 N–H and O–H groups in total. The van der Waals surface area contributed by atoms with E-state index in [2.05, 4.69) is 15.5 Å². The first-order valence-electron chi connectivity index (χ1n) is 7.45. The molecule has 0 unspecified atom stereocenters. The van der Waals surface area contributed by atoms with E-state index in [1.165, 1.54) is 12.8 Å². The van der Waals surface area contributed by atoms with E-state index in [1.807, 2.05) is 37.4 Å². The second-order valence-corrected chi connectivity index (χ2v) is 5.54. The van der Waals surface area contributed by atoms with Crippen molar-refractivity contribution in [3.63, 3.8) is 0 Å². The van der Waals surface area contributed by atoms with E-state index in [-0.39, 0.29) is 18.3 Å². The van der Waals surface area contributed by atoms with E-state index in [0.717, 1.165) is 31.1 Å². The lowest BCUT2D eigenvalue weighted by Crippen LogP contribution is -2.42. The van der Waals surface area contributed by atoms with Crippen LogP contribution in [0, 0.1) is 5.92 Å². The summed E-state index contributed by atoms with van der Waals surface area (Å²) in [6, 6.07) is 10.0. The third-order valence-corrected chi connectivity index (χ3v) is 3.90. The number of hydrogen-bond acceptors (Lipinski definition) is 3. The van der Waals surface area contributed by atoms with E-state index in [4.69, 9.17) is 0 Å². The Bertz CT molecular complexity index is 405. The molecule has 1 fully saturated rings. The zero-order chi connectivity index (χ0) is 14.2. The van der Waals surface area contributed by atoms with Gasteiger partial charge in [0.2, 0.25) is 5.91 Å². The summed E-state index contributed by atoms with van der Waals surface area (Å²) < 4.78 is 0. The zero-order valence-corrected chi connectivity index (χ0v) is 13.5. The van der Waals surface area contributed by atoms with Gasteiger partial charge in [0.1, 0.15) is 0 Å². The van der Waals surface area contributed by atoms with Crippen molar-refractivity contribution in [3.8, 4) is 0 Å². The summed E-state index contributed by atoms with van der Waals surface area (Å²) >= 11 is 0. The molecule has 0 aliphatic carbocycles. The minimum Gasteiger partial charge on any atom is -0.351 e. The van der Waals surface area contributed by atoms with Crippen molar-refractivity contribution in [2.24, 2.45) is 5.92 Å². The van der Waals surface area contributed by atoms with E-state index in [9.17, 15) is 4.79 Å². The second kappa shape index (κ2) is 9.77. The van der Waals surface area contributed by atoms with Crippen molar-refractivity contribution < 1.29 is 4.79 Å². The summed E-state index contributed by atoms with van der Waals surface area (Å²) in [5.74, 6) is 0.893. The Labute approximate surface area is 133 Å². The summed E-state index contributed by atoms with van der Waals surface area (Å²) in [5, 5.41) is 6.22. The third kappa shape index (κ3) is 6.46. The maximum Gasteiger partial charge on any atom is 0.234 e. The standard InChI is InChI=1S/C16H25N3O.ClH/c1-17-11-15-7-9-19(10-8-15)13-16(20)18-12-14-5-3-2-4-6-14;/h2-6,15,17H,7-13H2,1H3,(H,18,20);1H. The zero-order valence-electron chi connectivity index (χ0n) is 12.7. The summed E-state index contributed by atoms with van der Waals surface area (Å²) in [7, 11) is 2.00. The molecular formula is C16H26ClN3O. The highest BCUT2D eigenvalue weighted by Gasteiger charge is 2.19. The fraction of sp³-hybridized carbons (Fsp3) is 0.562. The summed E-state index contributed by atoms with van der Waals surface area (Å²) in [6.07, 6.45) is 2.37. The number of benzene rings is 1. The Hall–Kier alpha value is -1.10. The van der Waals surface area contributed by atoms with Crippen molar-refractivity contribution >= 4 is 18.3 Å². The largest absolute Gasteiger partial charge is 0.351 e. The molecule has 2 rings (SSSR count). The van der Waals surface area contributed by atoms with Gasteiger partial charge in [-0.2, -0.15) is 0 Å². The summed E-state index contributed by atoms with van der Waals surface area (Å²) in [4.78, 5) is 14.2. The van der Waals surface area contributed by atoms with Gasteiger partial charge in [-0.15, -0.1) is 12.4 Å². The SMILES string of the molecule is CNCC1CCN(CC(=O)NCc2ccccc2)CC1.Cl. The van der Waals surface area contributed by atoms with Crippen LogP contribution in [-0.2, 0) is 11.3 Å². The molecule has 118 valence electrons. The highest BCUT2D eigenvalue weighted by Crippen LogP contribution is 2.15. The van der Waals surface area contributed by atoms with Gasteiger partial charge >= 0.3 is 0 Å². The average molecular weight is 312 g/mol. The molecule has 0 atom stereocenters. The van der Waals surface area contributed by atoms with Crippen LogP contribution in [0.3, 0.4) is 0 Å². The lowest BCUT2D eigenvalue weighted by Gasteiger charge is -2.31. The van der Waals surface area contributed by atoms with Crippen molar-refractivity contribution in [1.29, 1.82) is 0 Å². The molecule has 1 saturated heterocycles. The first-order valence-corrected chi connectivity index (χ1v) is 7.45. The first kappa shape index (κ1) is 18.0. The minimum absolute atomic E-state index is 0. The average Bonchev–Trinajstić information content (AvgIpc) is 2.49. The fourth-order valence-electron chi connectivity index (χ4n) is 2.69. The predicted molar refractivity (Wildman–Crippen MR) is 88.6 cm³/mol. The number of carbonyl (C=O) groups excluding carboxylic acids is 1. The second-order valence-electron chi connectivity index (χ2n) is 5.54. The summed E-state index contributed by atoms with van der Waals surface area (Å²) in [6.45, 7) is 4.30. The van der Waals surface area contributed by atoms with E-state index in [0.29, 0.717) is 13.1 Å². The quantitative estimate of drug-likeness (QED) is 0.840. The molecule has 0 bridgehead atoms. The van der Waals surface area contributed by atoms with E-state index in [1.54, 1.807) is 0 Å². The first-order chi connectivity index (χ1) is 9.78. The molecule has 1 heterocycles. The van der Waals surface area contributed by atoms with Gasteiger partial charge in [-0.25, -0.2) is 0 Å². The minimum atomic E-state index is 0. The number of nitrogens with one attached hydrogen (secondary N) is 2. The van der Waals surface area contributed by atoms with Crippen LogP contribution >= 0.6 is 12.4 Å². The number of likely N-dealkylation sites (tertiary alicyclic amines) is 1. The molecule has 21 heavy (non-hydrogen) atoms. The van der Waals surface area contributed by atoms with Crippen LogP contribution in [0.25, 0.3) is 0 Å². The van der Waals surface area contributed by atoms with Crippen LogP contribution in [0.4, 0.5) is 0 Å². The van der Waals surface area contributed by atoms with E-state index >= 15 is 0 Å². The molecule has 1 aliphatic rings. The van der Waals surface area contributed by atoms with Crippen LogP contribution in [0.2, 0.25) is 0 Å². The van der Waals surface area contributed by atoms with Crippen LogP contribution in [0.5, 0.6) is 0 Å². The molecule has 0 aromatic heterocycles. The number of amides is 1. The smallest absolute Gasteiger partial charge is 0.234 e. The monoisotopic (exact) mass is 311 g/mol. The molecule has 1 aromatic carbocycles. The molecule has 4 nitrogen and oxygen atoms in total. The van der Waals surface area contributed by atoms with Gasteiger partial charge in [-0.1, -0.05) is 30.3 Å². The van der Waals surface area contributed by atoms with Gasteiger partial charge in [-0.05, 0) is 51.0 Å². The maximum absolute atomic E-state index is 11.9.